The topological polar surface area (TPSA) is 30.5 Å². The average Bonchev–Trinajstić information content (AvgIpc) is 2.34. The van der Waals surface area contributed by atoms with E-state index in [2.05, 4.69) is 12.4 Å². The molecule has 0 spiro atoms. The molecule has 1 N–H and O–H groups in total. The summed E-state index contributed by atoms with van der Waals surface area (Å²) < 4.78 is 10.4. The molecule has 1 saturated carbocycles. The maximum atomic E-state index is 5.49. The van der Waals surface area contributed by atoms with Gasteiger partial charge in [0.25, 0.3) is 0 Å². The van der Waals surface area contributed by atoms with Crippen LogP contribution in [0.5, 0.6) is 0 Å². The number of hydrogen-bond donors (Lipinski definition) is 1. The Kier molecular flexibility index (Phi) is 7.81. The van der Waals surface area contributed by atoms with E-state index in [0.29, 0.717) is 6.61 Å². The minimum atomic E-state index is 0.711. The molecule has 0 aliphatic heterocycles. The van der Waals surface area contributed by atoms with E-state index in [1.165, 1.54) is 38.5 Å². The molecular weight excluding hydrogens is 202 g/mol. The van der Waals surface area contributed by atoms with Crippen molar-refractivity contribution in [3.63, 3.8) is 0 Å². The van der Waals surface area contributed by atoms with Gasteiger partial charge in [-0.3, -0.25) is 0 Å². The van der Waals surface area contributed by atoms with Crippen LogP contribution in [0.15, 0.2) is 0 Å². The van der Waals surface area contributed by atoms with Gasteiger partial charge in [-0.25, -0.2) is 0 Å². The van der Waals surface area contributed by atoms with Crippen LogP contribution < -0.4 is 5.32 Å². The van der Waals surface area contributed by atoms with Crippen LogP contribution in [0.2, 0.25) is 0 Å². The van der Waals surface area contributed by atoms with Crippen molar-refractivity contribution in [2.75, 3.05) is 34.0 Å². The first-order chi connectivity index (χ1) is 7.88. The Balaban J connectivity index is 2.02. The van der Waals surface area contributed by atoms with Gasteiger partial charge in [0.2, 0.25) is 0 Å². The van der Waals surface area contributed by atoms with Crippen molar-refractivity contribution in [3.05, 3.63) is 0 Å². The van der Waals surface area contributed by atoms with Gasteiger partial charge in [-0.05, 0) is 38.6 Å². The number of rotatable bonds is 8. The van der Waals surface area contributed by atoms with Crippen LogP contribution in [0, 0.1) is 5.92 Å². The van der Waals surface area contributed by atoms with E-state index >= 15 is 0 Å². The van der Waals surface area contributed by atoms with Gasteiger partial charge in [0.1, 0.15) is 0 Å². The molecule has 0 amide bonds. The van der Waals surface area contributed by atoms with Gasteiger partial charge >= 0.3 is 0 Å². The Morgan fingerprint density at radius 1 is 1.12 bits per heavy atom. The lowest BCUT2D eigenvalue weighted by Gasteiger charge is -2.31. The van der Waals surface area contributed by atoms with Crippen molar-refractivity contribution in [1.82, 2.24) is 5.32 Å². The van der Waals surface area contributed by atoms with Crippen molar-refractivity contribution in [2.24, 2.45) is 5.92 Å². The van der Waals surface area contributed by atoms with Crippen molar-refractivity contribution in [2.45, 2.75) is 44.6 Å². The molecule has 1 rings (SSSR count). The van der Waals surface area contributed by atoms with Gasteiger partial charge in [0.15, 0.2) is 0 Å². The van der Waals surface area contributed by atoms with Crippen LogP contribution in [0.25, 0.3) is 0 Å². The Hall–Kier alpha value is -0.120. The van der Waals surface area contributed by atoms with E-state index in [4.69, 9.17) is 9.47 Å². The van der Waals surface area contributed by atoms with Crippen molar-refractivity contribution >= 4 is 0 Å². The first kappa shape index (κ1) is 13.9. The highest BCUT2D eigenvalue weighted by Gasteiger charge is 2.22. The lowest BCUT2D eigenvalue weighted by Crippen LogP contribution is -2.36. The molecule has 0 aromatic carbocycles. The van der Waals surface area contributed by atoms with E-state index < -0.39 is 0 Å². The highest BCUT2D eigenvalue weighted by Crippen LogP contribution is 2.27. The second-order valence-electron chi connectivity index (χ2n) is 4.69. The maximum absolute atomic E-state index is 5.49. The first-order valence-electron chi connectivity index (χ1n) is 6.62. The van der Waals surface area contributed by atoms with Gasteiger partial charge in [-0.2, -0.15) is 0 Å². The zero-order chi connectivity index (χ0) is 11.6. The standard InChI is InChI=1S/C13H27NO2/c1-14-13-8-4-3-6-12(13)7-5-9-16-11-10-15-2/h12-14H,3-11H2,1-2H3. The molecule has 3 heteroatoms. The molecule has 2 unspecified atom stereocenters. The molecule has 2 atom stereocenters. The number of methoxy groups -OCH3 is 1. The minimum absolute atomic E-state index is 0.711. The Morgan fingerprint density at radius 3 is 2.69 bits per heavy atom. The zero-order valence-corrected chi connectivity index (χ0v) is 10.8. The molecule has 0 aromatic heterocycles. The third kappa shape index (κ3) is 5.28. The fourth-order valence-corrected chi connectivity index (χ4v) is 2.63. The molecule has 16 heavy (non-hydrogen) atoms. The molecule has 0 aromatic rings. The van der Waals surface area contributed by atoms with Crippen LogP contribution in [-0.2, 0) is 9.47 Å². The predicted octanol–water partition coefficient (Wildman–Crippen LogP) is 2.21. The summed E-state index contributed by atoms with van der Waals surface area (Å²) in [6.07, 6.45) is 8.04. The van der Waals surface area contributed by atoms with Crippen molar-refractivity contribution < 1.29 is 9.47 Å². The van der Waals surface area contributed by atoms with E-state index in [1.54, 1.807) is 7.11 Å². The number of ether oxygens (including phenoxy) is 2. The van der Waals surface area contributed by atoms with E-state index in [1.807, 2.05) is 0 Å². The predicted molar refractivity (Wildman–Crippen MR) is 66.7 cm³/mol. The van der Waals surface area contributed by atoms with Crippen LogP contribution in [0.4, 0.5) is 0 Å². The molecule has 1 aliphatic carbocycles. The van der Waals surface area contributed by atoms with E-state index in [0.717, 1.165) is 25.2 Å². The van der Waals surface area contributed by atoms with Gasteiger partial charge < -0.3 is 14.8 Å². The molecule has 1 fully saturated rings. The Labute approximate surface area is 99.9 Å². The van der Waals surface area contributed by atoms with Gasteiger partial charge in [-0.1, -0.05) is 12.8 Å². The molecular formula is C13H27NO2. The normalized spacial score (nSPS) is 25.9. The summed E-state index contributed by atoms with van der Waals surface area (Å²) in [5, 5.41) is 3.45. The fraction of sp³-hybridized carbons (Fsp3) is 1.00. The Bertz CT molecular complexity index is 164. The van der Waals surface area contributed by atoms with Crippen LogP contribution >= 0.6 is 0 Å². The zero-order valence-electron chi connectivity index (χ0n) is 10.8. The molecule has 0 bridgehead atoms. The van der Waals surface area contributed by atoms with Gasteiger partial charge in [0, 0.05) is 19.8 Å². The second kappa shape index (κ2) is 8.97. The molecule has 0 saturated heterocycles. The molecule has 1 aliphatic rings. The first-order valence-corrected chi connectivity index (χ1v) is 6.62. The summed E-state index contributed by atoms with van der Waals surface area (Å²) in [5.74, 6) is 0.866. The maximum Gasteiger partial charge on any atom is 0.0700 e. The summed E-state index contributed by atoms with van der Waals surface area (Å²) in [6, 6.07) is 0.743. The number of hydrogen-bond acceptors (Lipinski definition) is 3. The summed E-state index contributed by atoms with van der Waals surface area (Å²) in [7, 11) is 3.81. The van der Waals surface area contributed by atoms with E-state index in [9.17, 15) is 0 Å². The largest absolute Gasteiger partial charge is 0.382 e. The Morgan fingerprint density at radius 2 is 1.94 bits per heavy atom. The van der Waals surface area contributed by atoms with Crippen LogP contribution in [-0.4, -0.2) is 40.0 Å². The van der Waals surface area contributed by atoms with Crippen molar-refractivity contribution in [1.29, 1.82) is 0 Å². The molecule has 3 nitrogen and oxygen atoms in total. The lowest BCUT2D eigenvalue weighted by atomic mass is 9.82. The van der Waals surface area contributed by atoms with E-state index in [-0.39, 0.29) is 0 Å². The molecule has 0 heterocycles. The molecule has 96 valence electrons. The summed E-state index contributed by atoms with van der Waals surface area (Å²) in [5.41, 5.74) is 0. The quantitative estimate of drug-likeness (QED) is 0.647. The highest BCUT2D eigenvalue weighted by molar-refractivity contribution is 4.79. The fourth-order valence-electron chi connectivity index (χ4n) is 2.63. The van der Waals surface area contributed by atoms with Crippen LogP contribution in [0.1, 0.15) is 38.5 Å². The van der Waals surface area contributed by atoms with Crippen LogP contribution in [0.3, 0.4) is 0 Å². The number of nitrogens with one attached hydrogen (secondary N) is 1. The lowest BCUT2D eigenvalue weighted by molar-refractivity contribution is 0.0656. The van der Waals surface area contributed by atoms with Gasteiger partial charge in [-0.15, -0.1) is 0 Å². The van der Waals surface area contributed by atoms with Crippen molar-refractivity contribution in [3.8, 4) is 0 Å². The average molecular weight is 229 g/mol. The SMILES string of the molecule is CNC1CCCCC1CCCOCCOC. The molecule has 0 radical (unpaired) electrons. The summed E-state index contributed by atoms with van der Waals surface area (Å²) in [6.45, 7) is 2.33. The highest BCUT2D eigenvalue weighted by atomic mass is 16.5. The third-order valence-corrected chi connectivity index (χ3v) is 3.58. The smallest absolute Gasteiger partial charge is 0.0700 e. The summed E-state index contributed by atoms with van der Waals surface area (Å²) >= 11 is 0. The summed E-state index contributed by atoms with van der Waals surface area (Å²) in [4.78, 5) is 0. The monoisotopic (exact) mass is 229 g/mol. The minimum Gasteiger partial charge on any atom is -0.382 e. The second-order valence-corrected chi connectivity index (χ2v) is 4.69. The third-order valence-electron chi connectivity index (χ3n) is 3.58. The van der Waals surface area contributed by atoms with Gasteiger partial charge in [0.05, 0.1) is 13.2 Å².